The van der Waals surface area contributed by atoms with Crippen LogP contribution in [0, 0.1) is 0 Å². The molecule has 0 spiro atoms. The van der Waals surface area contributed by atoms with Crippen LogP contribution >= 0.6 is 0 Å². The molecule has 1 fully saturated rings. The molecule has 1 unspecified atom stereocenters. The first kappa shape index (κ1) is 15.5. The Labute approximate surface area is 121 Å². The van der Waals surface area contributed by atoms with Gasteiger partial charge in [-0.3, -0.25) is 0 Å². The fourth-order valence-corrected chi connectivity index (χ4v) is 4.93. The Morgan fingerprint density at radius 3 is 2.45 bits per heavy atom. The minimum Gasteiger partial charge on any atom is -0.495 e. The van der Waals surface area contributed by atoms with Gasteiger partial charge < -0.3 is 9.29 Å². The fraction of sp³-hybridized carbons (Fsp3) is 0.538. The van der Waals surface area contributed by atoms with Gasteiger partial charge in [0, 0.05) is 0 Å². The van der Waals surface area contributed by atoms with Crippen LogP contribution in [0.3, 0.4) is 0 Å². The highest BCUT2D eigenvalue weighted by Crippen LogP contribution is 2.34. The monoisotopic (exact) mass is 318 g/mol. The van der Waals surface area contributed by atoms with Crippen LogP contribution in [0.5, 0.6) is 5.75 Å². The second kappa shape index (κ2) is 6.24. The highest BCUT2D eigenvalue weighted by Gasteiger charge is 2.31. The summed E-state index contributed by atoms with van der Waals surface area (Å²) in [6, 6.07) is 4.03. The van der Waals surface area contributed by atoms with Crippen LogP contribution in [0.15, 0.2) is 28.0 Å². The van der Waals surface area contributed by atoms with Crippen molar-refractivity contribution in [2.75, 3.05) is 7.11 Å². The summed E-state index contributed by atoms with van der Waals surface area (Å²) in [6.45, 7) is 0. The lowest BCUT2D eigenvalue weighted by Crippen LogP contribution is -2.24. The van der Waals surface area contributed by atoms with E-state index in [0.717, 1.165) is 19.3 Å². The van der Waals surface area contributed by atoms with E-state index in [1.165, 1.54) is 25.3 Å². The van der Waals surface area contributed by atoms with E-state index in [0.29, 0.717) is 12.8 Å². The van der Waals surface area contributed by atoms with Gasteiger partial charge in [0.1, 0.15) is 10.6 Å². The van der Waals surface area contributed by atoms with Gasteiger partial charge in [-0.15, -0.1) is 0 Å². The third kappa shape index (κ3) is 3.05. The van der Waals surface area contributed by atoms with Crippen LogP contribution in [0.1, 0.15) is 32.1 Å². The van der Waals surface area contributed by atoms with E-state index in [-0.39, 0.29) is 20.8 Å². The molecule has 0 aromatic heterocycles. The van der Waals surface area contributed by atoms with E-state index in [2.05, 4.69) is 0 Å². The second-order valence-corrected chi connectivity index (χ2v) is 8.03. The maximum atomic E-state index is 12.6. The average molecular weight is 318 g/mol. The number of hydrogen-bond acceptors (Lipinski definition) is 4. The van der Waals surface area contributed by atoms with E-state index < -0.39 is 20.9 Å². The lowest BCUT2D eigenvalue weighted by molar-refractivity contribution is 0.399. The van der Waals surface area contributed by atoms with E-state index in [9.17, 15) is 12.6 Å². The summed E-state index contributed by atoms with van der Waals surface area (Å²) in [6.07, 6.45) is 4.25. The second-order valence-electron chi connectivity index (χ2n) is 4.87. The standard InChI is InChI=1S/C13H18O5S2/c1-18-12-9-10(19(14)15)7-8-13(12)20(16,17)11-5-3-2-4-6-11/h7-9,11H,2-6H2,1H3,(H,14,15). The lowest BCUT2D eigenvalue weighted by Gasteiger charge is -2.22. The maximum absolute atomic E-state index is 12.6. The third-order valence-corrected chi connectivity index (χ3v) is 6.59. The predicted molar refractivity (Wildman–Crippen MR) is 76.1 cm³/mol. The van der Waals surface area contributed by atoms with Crippen molar-refractivity contribution in [2.45, 2.75) is 47.1 Å². The van der Waals surface area contributed by atoms with Crippen molar-refractivity contribution < 1.29 is 21.9 Å². The van der Waals surface area contributed by atoms with Crippen molar-refractivity contribution in [1.29, 1.82) is 0 Å². The molecule has 0 radical (unpaired) electrons. The van der Waals surface area contributed by atoms with Gasteiger partial charge in [-0.25, -0.2) is 12.6 Å². The predicted octanol–water partition coefficient (Wildman–Crippen LogP) is 2.38. The highest BCUT2D eigenvalue weighted by molar-refractivity contribution is 7.92. The molecule has 7 heteroatoms. The first-order valence-electron chi connectivity index (χ1n) is 6.49. The minimum absolute atomic E-state index is 0.112. The Kier molecular flexibility index (Phi) is 4.82. The molecule has 0 aliphatic heterocycles. The number of sulfone groups is 1. The first-order valence-corrected chi connectivity index (χ1v) is 9.15. The van der Waals surface area contributed by atoms with Gasteiger partial charge in [-0.1, -0.05) is 19.3 Å². The summed E-state index contributed by atoms with van der Waals surface area (Å²) in [5, 5.41) is -0.379. The van der Waals surface area contributed by atoms with Crippen LogP contribution in [0.25, 0.3) is 0 Å². The molecule has 0 heterocycles. The molecule has 0 saturated heterocycles. The molecular formula is C13H18O5S2. The zero-order valence-electron chi connectivity index (χ0n) is 11.2. The summed E-state index contributed by atoms with van der Waals surface area (Å²) >= 11 is -2.16. The summed E-state index contributed by atoms with van der Waals surface area (Å²) < 4.78 is 50.4. The largest absolute Gasteiger partial charge is 0.495 e. The molecule has 1 saturated carbocycles. The molecule has 0 amide bonds. The van der Waals surface area contributed by atoms with Gasteiger partial charge >= 0.3 is 0 Å². The van der Waals surface area contributed by atoms with E-state index in [1.54, 1.807) is 0 Å². The maximum Gasteiger partial charge on any atom is 0.186 e. The van der Waals surface area contributed by atoms with E-state index in [1.807, 2.05) is 0 Å². The van der Waals surface area contributed by atoms with E-state index in [4.69, 9.17) is 9.29 Å². The van der Waals surface area contributed by atoms with Crippen molar-refractivity contribution in [3.63, 3.8) is 0 Å². The van der Waals surface area contributed by atoms with Crippen molar-refractivity contribution >= 4 is 20.9 Å². The Bertz CT molecular complexity index is 603. The summed E-state index contributed by atoms with van der Waals surface area (Å²) in [7, 11) is -2.09. The molecule has 1 aliphatic rings. The van der Waals surface area contributed by atoms with Gasteiger partial charge in [0.05, 0.1) is 17.3 Å². The Hall–Kier alpha value is -0.920. The zero-order valence-corrected chi connectivity index (χ0v) is 12.9. The third-order valence-electron chi connectivity index (χ3n) is 3.63. The molecule has 1 aromatic carbocycles. The summed E-state index contributed by atoms with van der Waals surface area (Å²) in [4.78, 5) is 0.241. The van der Waals surface area contributed by atoms with Gasteiger partial charge in [-0.2, -0.15) is 0 Å². The van der Waals surface area contributed by atoms with Crippen molar-refractivity contribution in [1.82, 2.24) is 0 Å². The summed E-state index contributed by atoms with van der Waals surface area (Å²) in [5.41, 5.74) is 0. The molecule has 5 nitrogen and oxygen atoms in total. The topological polar surface area (TPSA) is 80.7 Å². The fourth-order valence-electron chi connectivity index (χ4n) is 2.55. The number of hydrogen-bond donors (Lipinski definition) is 1. The Morgan fingerprint density at radius 1 is 1.25 bits per heavy atom. The van der Waals surface area contributed by atoms with Crippen LogP contribution in [0.2, 0.25) is 0 Å². The number of benzene rings is 1. The molecule has 1 aliphatic carbocycles. The van der Waals surface area contributed by atoms with E-state index >= 15 is 0 Å². The van der Waals surface area contributed by atoms with Gasteiger partial charge in [0.15, 0.2) is 20.9 Å². The van der Waals surface area contributed by atoms with Gasteiger partial charge in [0.25, 0.3) is 0 Å². The minimum atomic E-state index is -3.45. The van der Waals surface area contributed by atoms with Gasteiger partial charge in [0.2, 0.25) is 0 Å². The quantitative estimate of drug-likeness (QED) is 0.862. The van der Waals surface area contributed by atoms with Crippen LogP contribution in [-0.2, 0) is 20.9 Å². The van der Waals surface area contributed by atoms with Crippen molar-refractivity contribution in [3.8, 4) is 5.75 Å². The van der Waals surface area contributed by atoms with Crippen LogP contribution in [0.4, 0.5) is 0 Å². The SMILES string of the molecule is COc1cc(S(=O)O)ccc1S(=O)(=O)C1CCCCC1. The van der Waals surface area contributed by atoms with Crippen molar-refractivity contribution in [3.05, 3.63) is 18.2 Å². The Morgan fingerprint density at radius 2 is 1.90 bits per heavy atom. The Balaban J connectivity index is 2.42. The van der Waals surface area contributed by atoms with Crippen LogP contribution in [-0.4, -0.2) is 29.5 Å². The molecule has 0 bridgehead atoms. The normalized spacial score (nSPS) is 18.7. The summed E-state index contributed by atoms with van der Waals surface area (Å²) in [5.74, 6) is 0.135. The lowest BCUT2D eigenvalue weighted by atomic mass is 10.0. The first-order chi connectivity index (χ1) is 9.46. The highest BCUT2D eigenvalue weighted by atomic mass is 32.2. The molecule has 1 aromatic rings. The molecule has 2 rings (SSSR count). The zero-order chi connectivity index (χ0) is 14.8. The van der Waals surface area contributed by atoms with Crippen LogP contribution < -0.4 is 4.74 Å². The average Bonchev–Trinajstić information content (AvgIpc) is 2.47. The van der Waals surface area contributed by atoms with Gasteiger partial charge in [-0.05, 0) is 31.0 Å². The smallest absolute Gasteiger partial charge is 0.186 e. The molecule has 1 atom stereocenters. The molecule has 112 valence electrons. The molecule has 1 N–H and O–H groups in total. The number of rotatable bonds is 4. The molecule has 20 heavy (non-hydrogen) atoms. The molecular weight excluding hydrogens is 300 g/mol. The number of methoxy groups -OCH3 is 1. The number of ether oxygens (including phenoxy) is 1. The van der Waals surface area contributed by atoms with Crippen molar-refractivity contribution in [2.24, 2.45) is 0 Å².